The van der Waals surface area contributed by atoms with Crippen molar-refractivity contribution in [2.75, 3.05) is 32.8 Å². The summed E-state index contributed by atoms with van der Waals surface area (Å²) in [5.41, 5.74) is -0.349. The van der Waals surface area contributed by atoms with Gasteiger partial charge in [-0.2, -0.15) is 0 Å². The van der Waals surface area contributed by atoms with Crippen molar-refractivity contribution in [1.29, 1.82) is 0 Å². The second kappa shape index (κ2) is 6.01. The molecule has 1 saturated heterocycles. The Morgan fingerprint density at radius 2 is 2.41 bits per heavy atom. The highest BCUT2D eigenvalue weighted by molar-refractivity contribution is 5.78. The highest BCUT2D eigenvalue weighted by Gasteiger charge is 2.33. The van der Waals surface area contributed by atoms with Crippen molar-refractivity contribution >= 4 is 5.91 Å². The van der Waals surface area contributed by atoms with Crippen molar-refractivity contribution in [2.45, 2.75) is 25.6 Å². The number of hydrogen-bond acceptors (Lipinski definition) is 4. The third kappa shape index (κ3) is 4.73. The molecule has 96 valence electrons. The fourth-order valence-corrected chi connectivity index (χ4v) is 2.04. The maximum Gasteiger partial charge on any atom is 0.234 e. The first-order chi connectivity index (χ1) is 7.96. The van der Waals surface area contributed by atoms with E-state index in [0.29, 0.717) is 13.1 Å². The summed E-state index contributed by atoms with van der Waals surface area (Å²) in [4.78, 5) is 13.5. The molecule has 1 amide bonds. The molecule has 0 saturated carbocycles. The summed E-state index contributed by atoms with van der Waals surface area (Å²) >= 11 is 0. The van der Waals surface area contributed by atoms with Gasteiger partial charge < -0.3 is 15.2 Å². The van der Waals surface area contributed by atoms with Crippen LogP contribution < -0.4 is 5.32 Å². The van der Waals surface area contributed by atoms with Crippen LogP contribution in [-0.2, 0) is 9.53 Å². The van der Waals surface area contributed by atoms with Gasteiger partial charge in [-0.1, -0.05) is 5.92 Å². The van der Waals surface area contributed by atoms with Gasteiger partial charge in [-0.15, -0.1) is 6.42 Å². The third-order valence-corrected chi connectivity index (χ3v) is 2.51. The lowest BCUT2D eigenvalue weighted by atomic mass is 10.1. The van der Waals surface area contributed by atoms with Gasteiger partial charge >= 0.3 is 0 Å². The number of nitrogens with zero attached hydrogens (tertiary/aromatic N) is 1. The predicted molar refractivity (Wildman–Crippen MR) is 64.3 cm³/mol. The molecule has 0 radical (unpaired) electrons. The first kappa shape index (κ1) is 14.0. The maximum atomic E-state index is 11.5. The molecule has 1 rings (SSSR count). The highest BCUT2D eigenvalue weighted by atomic mass is 16.5. The molecular weight excluding hydrogens is 220 g/mol. The van der Waals surface area contributed by atoms with Crippen LogP contribution in [0.1, 0.15) is 13.8 Å². The van der Waals surface area contributed by atoms with Crippen molar-refractivity contribution in [3.8, 4) is 12.3 Å². The number of nitrogens with one attached hydrogen (secondary N) is 1. The maximum absolute atomic E-state index is 11.5. The Bertz CT molecular complexity index is 309. The van der Waals surface area contributed by atoms with Crippen molar-refractivity contribution in [3.05, 3.63) is 0 Å². The molecule has 0 aromatic rings. The van der Waals surface area contributed by atoms with Gasteiger partial charge in [-0.3, -0.25) is 9.69 Å². The summed E-state index contributed by atoms with van der Waals surface area (Å²) in [5, 5.41) is 11.8. The minimum atomic E-state index is -0.349. The Kier molecular flexibility index (Phi) is 4.94. The average molecular weight is 240 g/mol. The Morgan fingerprint density at radius 1 is 1.71 bits per heavy atom. The zero-order chi connectivity index (χ0) is 12.9. The van der Waals surface area contributed by atoms with Crippen LogP contribution in [0.4, 0.5) is 0 Å². The van der Waals surface area contributed by atoms with E-state index in [1.54, 1.807) is 0 Å². The molecule has 17 heavy (non-hydrogen) atoms. The Labute approximate surface area is 102 Å². The van der Waals surface area contributed by atoms with Gasteiger partial charge in [0.05, 0.1) is 31.4 Å². The molecule has 0 aliphatic carbocycles. The predicted octanol–water partition coefficient (Wildman–Crippen LogP) is -0.792. The molecule has 5 heteroatoms. The van der Waals surface area contributed by atoms with E-state index in [1.807, 2.05) is 18.7 Å². The molecule has 0 aromatic carbocycles. The van der Waals surface area contributed by atoms with E-state index in [0.717, 1.165) is 0 Å². The smallest absolute Gasteiger partial charge is 0.234 e. The number of carbonyl (C=O) groups excluding carboxylic acids is 1. The first-order valence-corrected chi connectivity index (χ1v) is 5.68. The summed E-state index contributed by atoms with van der Waals surface area (Å²) in [6, 6.07) is 0. The Morgan fingerprint density at radius 3 is 3.00 bits per heavy atom. The number of rotatable bonds is 4. The van der Waals surface area contributed by atoms with Gasteiger partial charge in [0.1, 0.15) is 0 Å². The van der Waals surface area contributed by atoms with E-state index < -0.39 is 0 Å². The normalized spacial score (nSPS) is 24.0. The standard InChI is InChI=1S/C12H20N2O3/c1-4-5-13-11(16)7-14-6-10(8-15)17-12(2,3)9-14/h1,10,15H,5-9H2,2-3H3,(H,13,16). The molecule has 0 bridgehead atoms. The quantitative estimate of drug-likeness (QED) is 0.632. The molecule has 0 spiro atoms. The van der Waals surface area contributed by atoms with Gasteiger partial charge in [-0.25, -0.2) is 0 Å². The number of terminal acetylenes is 1. The SMILES string of the molecule is C#CCNC(=O)CN1CC(CO)OC(C)(C)C1. The summed E-state index contributed by atoms with van der Waals surface area (Å²) in [5.74, 6) is 2.26. The van der Waals surface area contributed by atoms with Gasteiger partial charge in [-0.05, 0) is 13.8 Å². The molecule has 0 aromatic heterocycles. The van der Waals surface area contributed by atoms with E-state index in [-0.39, 0.29) is 37.3 Å². The Hall–Kier alpha value is -1.09. The lowest BCUT2D eigenvalue weighted by molar-refractivity contribution is -0.153. The molecule has 1 atom stereocenters. The fourth-order valence-electron chi connectivity index (χ4n) is 2.04. The minimum Gasteiger partial charge on any atom is -0.394 e. The highest BCUT2D eigenvalue weighted by Crippen LogP contribution is 2.20. The molecular formula is C12H20N2O3. The van der Waals surface area contributed by atoms with E-state index in [1.165, 1.54) is 0 Å². The summed E-state index contributed by atoms with van der Waals surface area (Å²) in [7, 11) is 0. The Balaban J connectivity index is 2.47. The summed E-state index contributed by atoms with van der Waals surface area (Å²) in [6.45, 7) is 5.60. The molecule has 1 aliphatic heterocycles. The largest absolute Gasteiger partial charge is 0.394 e. The van der Waals surface area contributed by atoms with Crippen LogP contribution in [0.25, 0.3) is 0 Å². The topological polar surface area (TPSA) is 61.8 Å². The van der Waals surface area contributed by atoms with Crippen LogP contribution in [0.2, 0.25) is 0 Å². The van der Waals surface area contributed by atoms with Crippen molar-refractivity contribution in [3.63, 3.8) is 0 Å². The summed E-state index contributed by atoms with van der Waals surface area (Å²) in [6.07, 6.45) is 4.83. The van der Waals surface area contributed by atoms with E-state index in [2.05, 4.69) is 11.2 Å². The first-order valence-electron chi connectivity index (χ1n) is 5.68. The number of aliphatic hydroxyl groups excluding tert-OH is 1. The monoisotopic (exact) mass is 240 g/mol. The molecule has 2 N–H and O–H groups in total. The van der Waals surface area contributed by atoms with Gasteiger partial charge in [0.2, 0.25) is 5.91 Å². The van der Waals surface area contributed by atoms with E-state index in [9.17, 15) is 4.79 Å². The number of amides is 1. The number of hydrogen-bond donors (Lipinski definition) is 2. The second-order valence-electron chi connectivity index (χ2n) is 4.83. The van der Waals surface area contributed by atoms with Gasteiger partial charge in [0, 0.05) is 13.1 Å². The van der Waals surface area contributed by atoms with E-state index in [4.69, 9.17) is 16.3 Å². The van der Waals surface area contributed by atoms with Crippen LogP contribution in [0.15, 0.2) is 0 Å². The van der Waals surface area contributed by atoms with Crippen LogP contribution in [0.5, 0.6) is 0 Å². The van der Waals surface area contributed by atoms with Crippen LogP contribution in [0.3, 0.4) is 0 Å². The fraction of sp³-hybridized carbons (Fsp3) is 0.750. The van der Waals surface area contributed by atoms with Crippen LogP contribution >= 0.6 is 0 Å². The average Bonchev–Trinajstić information content (AvgIpc) is 2.24. The number of aliphatic hydroxyl groups is 1. The second-order valence-corrected chi connectivity index (χ2v) is 4.83. The number of ether oxygens (including phenoxy) is 1. The third-order valence-electron chi connectivity index (χ3n) is 2.51. The molecule has 1 aliphatic rings. The molecule has 1 fully saturated rings. The zero-order valence-electron chi connectivity index (χ0n) is 10.4. The molecule has 1 unspecified atom stereocenters. The molecule has 5 nitrogen and oxygen atoms in total. The summed E-state index contributed by atoms with van der Waals surface area (Å²) < 4.78 is 5.66. The van der Waals surface area contributed by atoms with Crippen LogP contribution in [0, 0.1) is 12.3 Å². The van der Waals surface area contributed by atoms with Crippen molar-refractivity contribution < 1.29 is 14.6 Å². The van der Waals surface area contributed by atoms with Crippen LogP contribution in [-0.4, -0.2) is 60.4 Å². The van der Waals surface area contributed by atoms with Crippen molar-refractivity contribution in [1.82, 2.24) is 10.2 Å². The zero-order valence-corrected chi connectivity index (χ0v) is 10.4. The van der Waals surface area contributed by atoms with Gasteiger partial charge in [0.15, 0.2) is 0 Å². The van der Waals surface area contributed by atoms with Gasteiger partial charge in [0.25, 0.3) is 0 Å². The number of carbonyl (C=O) groups is 1. The lowest BCUT2D eigenvalue weighted by Crippen LogP contribution is -2.55. The lowest BCUT2D eigenvalue weighted by Gasteiger charge is -2.41. The van der Waals surface area contributed by atoms with E-state index >= 15 is 0 Å². The van der Waals surface area contributed by atoms with Crippen molar-refractivity contribution in [2.24, 2.45) is 0 Å². The molecule has 1 heterocycles. The minimum absolute atomic E-state index is 0.0358. The number of morpholine rings is 1.